The molecule has 1 aliphatic carbocycles. The number of nitro groups is 1. The van der Waals surface area contributed by atoms with Crippen molar-refractivity contribution in [1.82, 2.24) is 19.7 Å². The van der Waals surface area contributed by atoms with Gasteiger partial charge in [0.15, 0.2) is 5.69 Å². The minimum absolute atomic E-state index is 0.00364. The Bertz CT molecular complexity index is 604. The van der Waals surface area contributed by atoms with Crippen LogP contribution in [0.25, 0.3) is 11.4 Å². The Kier molecular flexibility index (Phi) is 3.41. The van der Waals surface area contributed by atoms with Crippen molar-refractivity contribution in [2.24, 2.45) is 0 Å². The number of nitrogens with zero attached hydrogens (tertiary/aromatic N) is 5. The minimum Gasteiger partial charge on any atom is -0.262 e. The lowest BCUT2D eigenvalue weighted by atomic mass is 9.96. The van der Waals surface area contributed by atoms with Crippen LogP contribution in [0.1, 0.15) is 38.1 Å². The highest BCUT2D eigenvalue weighted by Crippen LogP contribution is 2.32. The van der Waals surface area contributed by atoms with Gasteiger partial charge in [-0.3, -0.25) is 24.8 Å². The molecule has 0 saturated heterocycles. The van der Waals surface area contributed by atoms with Crippen LogP contribution in [0, 0.1) is 10.1 Å². The third kappa shape index (κ3) is 2.38. The van der Waals surface area contributed by atoms with Crippen LogP contribution in [0.4, 0.5) is 5.69 Å². The number of rotatable bonds is 3. The predicted octanol–water partition coefficient (Wildman–Crippen LogP) is 2.75. The van der Waals surface area contributed by atoms with Crippen LogP contribution >= 0.6 is 0 Å². The zero-order chi connectivity index (χ0) is 13.9. The van der Waals surface area contributed by atoms with Gasteiger partial charge in [-0.1, -0.05) is 19.3 Å². The van der Waals surface area contributed by atoms with Gasteiger partial charge in [-0.15, -0.1) is 0 Å². The predicted molar refractivity (Wildman–Crippen MR) is 72.0 cm³/mol. The molecule has 0 unspecified atom stereocenters. The van der Waals surface area contributed by atoms with Gasteiger partial charge in [0.05, 0.1) is 17.2 Å². The SMILES string of the molecule is O=[N+]([O-])c1cn(C2CCCCC2)nc1-c1cnccn1. The van der Waals surface area contributed by atoms with E-state index < -0.39 is 4.92 Å². The molecular weight excluding hydrogens is 258 g/mol. The monoisotopic (exact) mass is 273 g/mol. The first-order chi connectivity index (χ1) is 9.75. The molecule has 0 atom stereocenters. The van der Waals surface area contributed by atoms with Crippen LogP contribution in [0.15, 0.2) is 24.8 Å². The topological polar surface area (TPSA) is 86.7 Å². The maximum atomic E-state index is 11.2. The Labute approximate surface area is 115 Å². The lowest BCUT2D eigenvalue weighted by Gasteiger charge is -2.21. The highest BCUT2D eigenvalue weighted by Gasteiger charge is 2.25. The summed E-state index contributed by atoms with van der Waals surface area (Å²) < 4.78 is 1.74. The Morgan fingerprint density at radius 3 is 2.70 bits per heavy atom. The van der Waals surface area contributed by atoms with Gasteiger partial charge in [0.2, 0.25) is 0 Å². The fourth-order valence-corrected chi connectivity index (χ4v) is 2.65. The van der Waals surface area contributed by atoms with E-state index in [9.17, 15) is 10.1 Å². The van der Waals surface area contributed by atoms with Crippen LogP contribution in [0.5, 0.6) is 0 Å². The van der Waals surface area contributed by atoms with E-state index in [0.29, 0.717) is 11.4 Å². The number of aromatic nitrogens is 4. The van der Waals surface area contributed by atoms with Crippen LogP contribution in [-0.2, 0) is 0 Å². The quantitative estimate of drug-likeness (QED) is 0.634. The summed E-state index contributed by atoms with van der Waals surface area (Å²) in [6.07, 6.45) is 11.7. The molecule has 3 rings (SSSR count). The summed E-state index contributed by atoms with van der Waals surface area (Å²) in [6.45, 7) is 0. The van der Waals surface area contributed by atoms with Crippen molar-refractivity contribution in [3.05, 3.63) is 34.9 Å². The molecule has 7 heteroatoms. The van der Waals surface area contributed by atoms with Gasteiger partial charge in [-0.2, -0.15) is 5.10 Å². The first-order valence-corrected chi connectivity index (χ1v) is 6.75. The van der Waals surface area contributed by atoms with Crippen molar-refractivity contribution in [1.29, 1.82) is 0 Å². The summed E-state index contributed by atoms with van der Waals surface area (Å²) in [7, 11) is 0. The van der Waals surface area contributed by atoms with E-state index in [4.69, 9.17) is 0 Å². The molecule has 7 nitrogen and oxygen atoms in total. The Morgan fingerprint density at radius 1 is 1.25 bits per heavy atom. The zero-order valence-electron chi connectivity index (χ0n) is 11.0. The van der Waals surface area contributed by atoms with Gasteiger partial charge < -0.3 is 0 Å². The second-order valence-corrected chi connectivity index (χ2v) is 4.98. The molecule has 1 saturated carbocycles. The van der Waals surface area contributed by atoms with Crippen molar-refractivity contribution < 1.29 is 4.92 Å². The largest absolute Gasteiger partial charge is 0.316 e. The van der Waals surface area contributed by atoms with Crippen molar-refractivity contribution in [2.45, 2.75) is 38.1 Å². The third-order valence-electron chi connectivity index (χ3n) is 3.66. The molecule has 0 aromatic carbocycles. The van der Waals surface area contributed by atoms with Crippen molar-refractivity contribution >= 4 is 5.69 Å². The van der Waals surface area contributed by atoms with E-state index >= 15 is 0 Å². The Morgan fingerprint density at radius 2 is 2.05 bits per heavy atom. The molecule has 20 heavy (non-hydrogen) atoms. The normalized spacial score (nSPS) is 16.2. The van der Waals surface area contributed by atoms with Crippen molar-refractivity contribution in [3.63, 3.8) is 0 Å². The molecule has 0 radical (unpaired) electrons. The number of hydrogen-bond donors (Lipinski definition) is 0. The van der Waals surface area contributed by atoms with Crippen LogP contribution in [0.2, 0.25) is 0 Å². The van der Waals surface area contributed by atoms with Crippen LogP contribution in [0.3, 0.4) is 0 Å². The summed E-state index contributed by atoms with van der Waals surface area (Å²) in [6, 6.07) is 0.257. The van der Waals surface area contributed by atoms with Crippen LogP contribution < -0.4 is 0 Å². The molecule has 2 heterocycles. The molecule has 0 aliphatic heterocycles. The molecule has 104 valence electrons. The van der Waals surface area contributed by atoms with E-state index in [2.05, 4.69) is 15.1 Å². The summed E-state index contributed by atoms with van der Waals surface area (Å²) in [5.74, 6) is 0. The summed E-state index contributed by atoms with van der Waals surface area (Å²) >= 11 is 0. The van der Waals surface area contributed by atoms with E-state index in [1.165, 1.54) is 31.2 Å². The average Bonchev–Trinajstić information content (AvgIpc) is 2.94. The van der Waals surface area contributed by atoms with Crippen molar-refractivity contribution in [2.75, 3.05) is 0 Å². The van der Waals surface area contributed by atoms with Crippen LogP contribution in [-0.4, -0.2) is 24.7 Å². The molecule has 2 aromatic heterocycles. The lowest BCUT2D eigenvalue weighted by Crippen LogP contribution is -2.13. The second kappa shape index (κ2) is 5.36. The standard InChI is InChI=1S/C13H15N5O2/c19-18(20)12-9-17(10-4-2-1-3-5-10)16-13(12)11-8-14-6-7-15-11/h6-10H,1-5H2. The zero-order valence-corrected chi connectivity index (χ0v) is 11.0. The smallest absolute Gasteiger partial charge is 0.262 e. The molecule has 2 aromatic rings. The second-order valence-electron chi connectivity index (χ2n) is 4.98. The lowest BCUT2D eigenvalue weighted by molar-refractivity contribution is -0.384. The fraction of sp³-hybridized carbons (Fsp3) is 0.462. The summed E-state index contributed by atoms with van der Waals surface area (Å²) in [4.78, 5) is 18.8. The fourth-order valence-electron chi connectivity index (χ4n) is 2.65. The van der Waals surface area contributed by atoms with Gasteiger partial charge in [-0.05, 0) is 12.8 Å². The minimum atomic E-state index is -0.406. The Hall–Kier alpha value is -2.31. The molecule has 0 N–H and O–H groups in total. The average molecular weight is 273 g/mol. The molecule has 0 bridgehead atoms. The van der Waals surface area contributed by atoms with Gasteiger partial charge >= 0.3 is 5.69 Å². The maximum Gasteiger partial charge on any atom is 0.316 e. The molecule has 1 fully saturated rings. The van der Waals surface area contributed by atoms with E-state index in [1.54, 1.807) is 4.68 Å². The van der Waals surface area contributed by atoms with Gasteiger partial charge in [0.25, 0.3) is 0 Å². The number of hydrogen-bond acceptors (Lipinski definition) is 5. The summed E-state index contributed by atoms with van der Waals surface area (Å²) in [5.41, 5.74) is 0.735. The van der Waals surface area contributed by atoms with Gasteiger partial charge in [0.1, 0.15) is 11.9 Å². The highest BCUT2D eigenvalue weighted by atomic mass is 16.6. The first-order valence-electron chi connectivity index (χ1n) is 6.75. The highest BCUT2D eigenvalue weighted by molar-refractivity contribution is 5.64. The van der Waals surface area contributed by atoms with E-state index in [-0.39, 0.29) is 11.7 Å². The first kappa shape index (κ1) is 12.7. The van der Waals surface area contributed by atoms with Crippen molar-refractivity contribution in [3.8, 4) is 11.4 Å². The van der Waals surface area contributed by atoms with E-state index in [0.717, 1.165) is 25.7 Å². The Balaban J connectivity index is 2.00. The molecular formula is C13H15N5O2. The molecule has 0 spiro atoms. The van der Waals surface area contributed by atoms with Gasteiger partial charge in [0, 0.05) is 12.4 Å². The third-order valence-corrected chi connectivity index (χ3v) is 3.66. The molecule has 1 aliphatic rings. The maximum absolute atomic E-state index is 11.2. The van der Waals surface area contributed by atoms with E-state index in [1.807, 2.05) is 0 Å². The molecule has 0 amide bonds. The van der Waals surface area contributed by atoms with Gasteiger partial charge in [-0.25, -0.2) is 0 Å². The summed E-state index contributed by atoms with van der Waals surface area (Å²) in [5, 5.41) is 15.6.